The fourth-order valence-corrected chi connectivity index (χ4v) is 2.69. The third-order valence-corrected chi connectivity index (χ3v) is 3.92. The predicted molar refractivity (Wildman–Crippen MR) is 66.3 cm³/mol. The van der Waals surface area contributed by atoms with Crippen molar-refractivity contribution >= 4 is 0 Å². The first-order valence-electron chi connectivity index (χ1n) is 6.66. The summed E-state index contributed by atoms with van der Waals surface area (Å²) in [5.41, 5.74) is 4.27. The van der Waals surface area contributed by atoms with Crippen LogP contribution in [0.2, 0.25) is 0 Å². The average molecular weight is 235 g/mol. The first-order chi connectivity index (χ1) is 8.38. The van der Waals surface area contributed by atoms with Gasteiger partial charge >= 0.3 is 0 Å². The van der Waals surface area contributed by atoms with Crippen LogP contribution in [-0.2, 0) is 17.6 Å². The molecule has 0 radical (unpaired) electrons. The van der Waals surface area contributed by atoms with Crippen molar-refractivity contribution in [1.82, 2.24) is 15.1 Å². The molecule has 0 spiro atoms. The van der Waals surface area contributed by atoms with Gasteiger partial charge in [0, 0.05) is 44.8 Å². The standard InChI is InChI=1S/C13H21N3O/c1-17-9-8-16-6-4-11-12(5-7-16)14-15-13(11)10-2-3-10/h10H,2-9H2,1H3,(H,14,15). The van der Waals surface area contributed by atoms with Crippen LogP contribution >= 0.6 is 0 Å². The van der Waals surface area contributed by atoms with Crippen molar-refractivity contribution in [3.05, 3.63) is 17.0 Å². The van der Waals surface area contributed by atoms with E-state index < -0.39 is 0 Å². The third kappa shape index (κ3) is 2.38. The molecule has 1 aliphatic heterocycles. The smallest absolute Gasteiger partial charge is 0.0688 e. The summed E-state index contributed by atoms with van der Waals surface area (Å²) in [7, 11) is 1.77. The molecule has 1 aromatic heterocycles. The highest BCUT2D eigenvalue weighted by Crippen LogP contribution is 2.41. The van der Waals surface area contributed by atoms with E-state index in [2.05, 4.69) is 15.1 Å². The molecule has 1 aromatic rings. The van der Waals surface area contributed by atoms with Crippen LogP contribution in [0.15, 0.2) is 0 Å². The molecule has 2 heterocycles. The number of aromatic amines is 1. The van der Waals surface area contributed by atoms with E-state index in [1.807, 2.05) is 0 Å². The lowest BCUT2D eigenvalue weighted by Crippen LogP contribution is -2.30. The topological polar surface area (TPSA) is 41.1 Å². The molecule has 0 atom stereocenters. The maximum atomic E-state index is 5.15. The first kappa shape index (κ1) is 11.2. The molecular formula is C13H21N3O. The van der Waals surface area contributed by atoms with E-state index in [9.17, 15) is 0 Å². The maximum absolute atomic E-state index is 5.15. The molecule has 1 aliphatic carbocycles. The fourth-order valence-electron chi connectivity index (χ4n) is 2.69. The molecule has 3 rings (SSSR count). The van der Waals surface area contributed by atoms with Crippen LogP contribution in [0, 0.1) is 0 Å². The van der Waals surface area contributed by atoms with Crippen LogP contribution in [0.5, 0.6) is 0 Å². The van der Waals surface area contributed by atoms with E-state index in [4.69, 9.17) is 4.74 Å². The number of ether oxygens (including phenoxy) is 1. The van der Waals surface area contributed by atoms with Crippen LogP contribution in [0.3, 0.4) is 0 Å². The second-order valence-corrected chi connectivity index (χ2v) is 5.17. The van der Waals surface area contributed by atoms with Gasteiger partial charge in [-0.05, 0) is 24.8 Å². The molecule has 94 valence electrons. The summed E-state index contributed by atoms with van der Waals surface area (Å²) >= 11 is 0. The Balaban J connectivity index is 1.68. The number of fused-ring (bicyclic) bond motifs is 1. The van der Waals surface area contributed by atoms with E-state index in [1.54, 1.807) is 7.11 Å². The first-order valence-corrected chi connectivity index (χ1v) is 6.66. The van der Waals surface area contributed by atoms with E-state index in [-0.39, 0.29) is 0 Å². The second-order valence-electron chi connectivity index (χ2n) is 5.17. The molecule has 0 aromatic carbocycles. The van der Waals surface area contributed by atoms with Gasteiger partial charge in [-0.15, -0.1) is 0 Å². The van der Waals surface area contributed by atoms with Crippen molar-refractivity contribution in [1.29, 1.82) is 0 Å². The van der Waals surface area contributed by atoms with Gasteiger partial charge in [-0.2, -0.15) is 5.10 Å². The van der Waals surface area contributed by atoms with Gasteiger partial charge in [0.15, 0.2) is 0 Å². The Morgan fingerprint density at radius 3 is 2.94 bits per heavy atom. The summed E-state index contributed by atoms with van der Waals surface area (Å²) in [6, 6.07) is 0. The molecule has 1 fully saturated rings. The molecule has 4 nitrogen and oxygen atoms in total. The van der Waals surface area contributed by atoms with Gasteiger partial charge in [0.1, 0.15) is 0 Å². The molecule has 0 bridgehead atoms. The predicted octanol–water partition coefficient (Wildman–Crippen LogP) is 1.33. The Labute approximate surface area is 102 Å². The highest BCUT2D eigenvalue weighted by molar-refractivity contribution is 5.32. The van der Waals surface area contributed by atoms with Crippen molar-refractivity contribution in [2.75, 3.05) is 33.4 Å². The van der Waals surface area contributed by atoms with Crippen LogP contribution in [0.4, 0.5) is 0 Å². The molecule has 2 aliphatic rings. The zero-order valence-electron chi connectivity index (χ0n) is 10.5. The van der Waals surface area contributed by atoms with Gasteiger partial charge in [-0.1, -0.05) is 0 Å². The van der Waals surface area contributed by atoms with Gasteiger partial charge in [0.2, 0.25) is 0 Å². The molecule has 1 N–H and O–H groups in total. The van der Waals surface area contributed by atoms with Gasteiger partial charge in [0.05, 0.1) is 12.3 Å². The molecule has 4 heteroatoms. The van der Waals surface area contributed by atoms with E-state index in [0.717, 1.165) is 45.0 Å². The fraction of sp³-hybridized carbons (Fsp3) is 0.769. The van der Waals surface area contributed by atoms with E-state index in [1.165, 1.54) is 29.8 Å². The summed E-state index contributed by atoms with van der Waals surface area (Å²) in [6.45, 7) is 4.16. The Kier molecular flexibility index (Phi) is 3.16. The van der Waals surface area contributed by atoms with Crippen molar-refractivity contribution in [3.8, 4) is 0 Å². The number of aromatic nitrogens is 2. The van der Waals surface area contributed by atoms with Gasteiger partial charge in [0.25, 0.3) is 0 Å². The van der Waals surface area contributed by atoms with Gasteiger partial charge in [-0.3, -0.25) is 5.10 Å². The Morgan fingerprint density at radius 1 is 1.35 bits per heavy atom. The number of nitrogens with zero attached hydrogens (tertiary/aromatic N) is 2. The number of hydrogen-bond acceptors (Lipinski definition) is 3. The molecular weight excluding hydrogens is 214 g/mol. The Morgan fingerprint density at radius 2 is 2.18 bits per heavy atom. The number of hydrogen-bond donors (Lipinski definition) is 1. The average Bonchev–Trinajstić information content (AvgIpc) is 3.14. The summed E-state index contributed by atoms with van der Waals surface area (Å²) in [4.78, 5) is 2.49. The lowest BCUT2D eigenvalue weighted by atomic mass is 10.1. The highest BCUT2D eigenvalue weighted by Gasteiger charge is 2.30. The highest BCUT2D eigenvalue weighted by atomic mass is 16.5. The lowest BCUT2D eigenvalue weighted by molar-refractivity contribution is 0.150. The normalized spacial score (nSPS) is 21.2. The number of nitrogens with one attached hydrogen (secondary N) is 1. The minimum absolute atomic E-state index is 0.764. The largest absolute Gasteiger partial charge is 0.383 e. The molecule has 0 saturated heterocycles. The summed E-state index contributed by atoms with van der Waals surface area (Å²) < 4.78 is 5.15. The van der Waals surface area contributed by atoms with E-state index in [0.29, 0.717) is 0 Å². The molecule has 0 amide bonds. The van der Waals surface area contributed by atoms with Crippen LogP contribution < -0.4 is 0 Å². The number of rotatable bonds is 4. The molecule has 0 unspecified atom stereocenters. The van der Waals surface area contributed by atoms with Crippen molar-refractivity contribution < 1.29 is 4.74 Å². The lowest BCUT2D eigenvalue weighted by Gasteiger charge is -2.18. The maximum Gasteiger partial charge on any atom is 0.0688 e. The molecule has 17 heavy (non-hydrogen) atoms. The van der Waals surface area contributed by atoms with Crippen LogP contribution in [0.1, 0.15) is 35.7 Å². The van der Waals surface area contributed by atoms with Gasteiger partial charge < -0.3 is 9.64 Å². The second kappa shape index (κ2) is 4.78. The number of H-pyrrole nitrogens is 1. The van der Waals surface area contributed by atoms with Crippen molar-refractivity contribution in [2.24, 2.45) is 0 Å². The minimum Gasteiger partial charge on any atom is -0.383 e. The van der Waals surface area contributed by atoms with Crippen LogP contribution in [0.25, 0.3) is 0 Å². The van der Waals surface area contributed by atoms with Gasteiger partial charge in [-0.25, -0.2) is 0 Å². The van der Waals surface area contributed by atoms with Crippen LogP contribution in [-0.4, -0.2) is 48.4 Å². The summed E-state index contributed by atoms with van der Waals surface area (Å²) in [5, 5.41) is 7.78. The van der Waals surface area contributed by atoms with Crippen molar-refractivity contribution in [2.45, 2.75) is 31.6 Å². The summed E-state index contributed by atoms with van der Waals surface area (Å²) in [5.74, 6) is 0.764. The third-order valence-electron chi connectivity index (χ3n) is 3.92. The zero-order chi connectivity index (χ0) is 11.7. The SMILES string of the molecule is COCCN1CCc2[nH]nc(C3CC3)c2CC1. The summed E-state index contributed by atoms with van der Waals surface area (Å²) in [6.07, 6.45) is 4.94. The Hall–Kier alpha value is -0.870. The number of methoxy groups -OCH3 is 1. The zero-order valence-corrected chi connectivity index (χ0v) is 10.5. The van der Waals surface area contributed by atoms with E-state index >= 15 is 0 Å². The van der Waals surface area contributed by atoms with Crippen molar-refractivity contribution in [3.63, 3.8) is 0 Å². The minimum atomic E-state index is 0.764. The quantitative estimate of drug-likeness (QED) is 0.856. The Bertz CT molecular complexity index is 384. The molecule has 1 saturated carbocycles. The monoisotopic (exact) mass is 235 g/mol.